The lowest BCUT2D eigenvalue weighted by Gasteiger charge is -2.03. The molecular weight excluding hydrogens is 208 g/mol. The predicted octanol–water partition coefficient (Wildman–Crippen LogP) is 3.37. The van der Waals surface area contributed by atoms with E-state index in [1.165, 1.54) is 5.56 Å². The Morgan fingerprint density at radius 3 is 2.87 bits per heavy atom. The molecule has 0 spiro atoms. The minimum Gasteiger partial charge on any atom is -0.495 e. The van der Waals surface area contributed by atoms with Crippen LogP contribution in [-0.4, -0.2) is 13.0 Å². The number of ether oxygens (including phenoxy) is 1. The van der Waals surface area contributed by atoms with Crippen LogP contribution in [-0.2, 0) is 0 Å². The summed E-state index contributed by atoms with van der Waals surface area (Å²) in [6, 6.07) is 6.00. The zero-order valence-electron chi connectivity index (χ0n) is 9.14. The van der Waals surface area contributed by atoms with Crippen LogP contribution in [0, 0.1) is 18.8 Å². The number of alkyl halides is 1. The number of benzene rings is 1. The first-order chi connectivity index (χ1) is 7.27. The Bertz CT molecular complexity index is 374. The number of halogens is 1. The molecule has 0 aliphatic heterocycles. The standard InChI is InChI=1S/C13H15ClO/c1-11-7-8-13(15-2)12(10-11)6-4-3-5-9-14/h7-8,10H,3,5,9H2,1-2H3. The first-order valence-electron chi connectivity index (χ1n) is 4.97. The van der Waals surface area contributed by atoms with E-state index in [2.05, 4.69) is 11.8 Å². The molecule has 1 aromatic carbocycles. The van der Waals surface area contributed by atoms with E-state index in [-0.39, 0.29) is 0 Å². The van der Waals surface area contributed by atoms with Crippen molar-refractivity contribution in [2.75, 3.05) is 13.0 Å². The fourth-order valence-corrected chi connectivity index (χ4v) is 1.37. The number of rotatable bonds is 3. The van der Waals surface area contributed by atoms with Crippen molar-refractivity contribution in [3.8, 4) is 17.6 Å². The van der Waals surface area contributed by atoms with E-state index >= 15 is 0 Å². The SMILES string of the molecule is COc1ccc(C)cc1C#CCCCCl. The van der Waals surface area contributed by atoms with E-state index < -0.39 is 0 Å². The number of hydrogen-bond acceptors (Lipinski definition) is 1. The Morgan fingerprint density at radius 1 is 1.40 bits per heavy atom. The topological polar surface area (TPSA) is 9.23 Å². The van der Waals surface area contributed by atoms with E-state index in [1.807, 2.05) is 25.1 Å². The van der Waals surface area contributed by atoms with Gasteiger partial charge in [-0.25, -0.2) is 0 Å². The quantitative estimate of drug-likeness (QED) is 0.433. The van der Waals surface area contributed by atoms with Gasteiger partial charge in [0.2, 0.25) is 0 Å². The van der Waals surface area contributed by atoms with E-state index in [9.17, 15) is 0 Å². The van der Waals surface area contributed by atoms with Crippen molar-refractivity contribution in [3.05, 3.63) is 29.3 Å². The first kappa shape index (κ1) is 11.9. The second-order valence-electron chi connectivity index (χ2n) is 3.30. The van der Waals surface area contributed by atoms with Gasteiger partial charge < -0.3 is 4.74 Å². The second-order valence-corrected chi connectivity index (χ2v) is 3.68. The van der Waals surface area contributed by atoms with Crippen LogP contribution in [0.1, 0.15) is 24.0 Å². The molecule has 0 amide bonds. The summed E-state index contributed by atoms with van der Waals surface area (Å²) < 4.78 is 5.23. The summed E-state index contributed by atoms with van der Waals surface area (Å²) in [5.41, 5.74) is 2.14. The fourth-order valence-electron chi connectivity index (χ4n) is 1.23. The molecule has 0 bridgehead atoms. The van der Waals surface area contributed by atoms with Gasteiger partial charge >= 0.3 is 0 Å². The fraction of sp³-hybridized carbons (Fsp3) is 0.385. The molecule has 0 atom stereocenters. The molecule has 0 heterocycles. The van der Waals surface area contributed by atoms with Crippen molar-refractivity contribution < 1.29 is 4.74 Å². The highest BCUT2D eigenvalue weighted by molar-refractivity contribution is 6.17. The maximum absolute atomic E-state index is 5.57. The van der Waals surface area contributed by atoms with Gasteiger partial charge in [0.05, 0.1) is 12.7 Å². The largest absolute Gasteiger partial charge is 0.495 e. The molecule has 0 saturated heterocycles. The van der Waals surface area contributed by atoms with Crippen molar-refractivity contribution in [2.24, 2.45) is 0 Å². The van der Waals surface area contributed by atoms with Crippen molar-refractivity contribution >= 4 is 11.6 Å². The van der Waals surface area contributed by atoms with Crippen LogP contribution in [0.25, 0.3) is 0 Å². The zero-order chi connectivity index (χ0) is 11.1. The zero-order valence-corrected chi connectivity index (χ0v) is 9.90. The molecule has 0 aromatic heterocycles. The highest BCUT2D eigenvalue weighted by Gasteiger charge is 1.98. The molecule has 0 aliphatic rings. The number of hydrogen-bond donors (Lipinski definition) is 0. The summed E-state index contributed by atoms with van der Waals surface area (Å²) in [7, 11) is 1.66. The number of unbranched alkanes of at least 4 members (excludes halogenated alkanes) is 1. The molecule has 15 heavy (non-hydrogen) atoms. The Morgan fingerprint density at radius 2 is 2.20 bits per heavy atom. The smallest absolute Gasteiger partial charge is 0.134 e. The predicted molar refractivity (Wildman–Crippen MR) is 64.6 cm³/mol. The molecule has 0 N–H and O–H groups in total. The molecule has 2 heteroatoms. The average molecular weight is 223 g/mol. The maximum atomic E-state index is 5.57. The highest BCUT2D eigenvalue weighted by Crippen LogP contribution is 2.18. The van der Waals surface area contributed by atoms with Gasteiger partial charge in [-0.15, -0.1) is 11.6 Å². The summed E-state index contributed by atoms with van der Waals surface area (Å²) in [6.45, 7) is 2.05. The van der Waals surface area contributed by atoms with Gasteiger partial charge in [0.25, 0.3) is 0 Å². The average Bonchev–Trinajstić information content (AvgIpc) is 2.25. The first-order valence-corrected chi connectivity index (χ1v) is 5.51. The Hall–Kier alpha value is -1.13. The van der Waals surface area contributed by atoms with Crippen LogP contribution >= 0.6 is 11.6 Å². The lowest BCUT2D eigenvalue weighted by Crippen LogP contribution is -1.88. The van der Waals surface area contributed by atoms with Crippen LogP contribution in [0.2, 0.25) is 0 Å². The Balaban J connectivity index is 2.80. The molecular formula is C13H15ClO. The highest BCUT2D eigenvalue weighted by atomic mass is 35.5. The number of methoxy groups -OCH3 is 1. The minimum atomic E-state index is 0.666. The molecule has 80 valence electrons. The monoisotopic (exact) mass is 222 g/mol. The van der Waals surface area contributed by atoms with E-state index in [0.29, 0.717) is 5.88 Å². The van der Waals surface area contributed by atoms with Crippen LogP contribution in [0.3, 0.4) is 0 Å². The Labute approximate surface area is 96.4 Å². The maximum Gasteiger partial charge on any atom is 0.134 e. The third kappa shape index (κ3) is 3.85. The van der Waals surface area contributed by atoms with Crippen LogP contribution < -0.4 is 4.74 Å². The van der Waals surface area contributed by atoms with Crippen molar-refractivity contribution in [3.63, 3.8) is 0 Å². The summed E-state index contributed by atoms with van der Waals surface area (Å²) in [6.07, 6.45) is 1.77. The molecule has 0 radical (unpaired) electrons. The summed E-state index contributed by atoms with van der Waals surface area (Å²) in [5.74, 6) is 7.69. The van der Waals surface area contributed by atoms with Crippen LogP contribution in [0.4, 0.5) is 0 Å². The van der Waals surface area contributed by atoms with Crippen LogP contribution in [0.5, 0.6) is 5.75 Å². The molecule has 0 aliphatic carbocycles. The summed E-state index contributed by atoms with van der Waals surface area (Å²) in [5, 5.41) is 0. The summed E-state index contributed by atoms with van der Waals surface area (Å²) in [4.78, 5) is 0. The Kier molecular flexibility index (Phi) is 5.07. The summed E-state index contributed by atoms with van der Waals surface area (Å²) >= 11 is 5.57. The molecule has 0 saturated carbocycles. The van der Waals surface area contributed by atoms with Gasteiger partial charge in [-0.1, -0.05) is 17.9 Å². The van der Waals surface area contributed by atoms with E-state index in [1.54, 1.807) is 7.11 Å². The molecule has 1 rings (SSSR count). The van der Waals surface area contributed by atoms with E-state index in [4.69, 9.17) is 16.3 Å². The van der Waals surface area contributed by atoms with Gasteiger partial charge in [-0.2, -0.15) is 0 Å². The van der Waals surface area contributed by atoms with Gasteiger partial charge in [0.15, 0.2) is 0 Å². The van der Waals surface area contributed by atoms with Gasteiger partial charge in [-0.05, 0) is 31.0 Å². The molecule has 1 nitrogen and oxygen atoms in total. The number of aryl methyl sites for hydroxylation is 1. The van der Waals surface area contributed by atoms with E-state index in [0.717, 1.165) is 24.2 Å². The second kappa shape index (κ2) is 6.37. The van der Waals surface area contributed by atoms with Gasteiger partial charge in [-0.3, -0.25) is 0 Å². The molecule has 1 aromatic rings. The van der Waals surface area contributed by atoms with Gasteiger partial charge in [0, 0.05) is 12.3 Å². The van der Waals surface area contributed by atoms with Gasteiger partial charge in [0.1, 0.15) is 5.75 Å². The van der Waals surface area contributed by atoms with Crippen molar-refractivity contribution in [2.45, 2.75) is 19.8 Å². The molecule has 0 fully saturated rings. The third-order valence-electron chi connectivity index (χ3n) is 2.01. The van der Waals surface area contributed by atoms with Crippen molar-refractivity contribution in [1.82, 2.24) is 0 Å². The normalized spacial score (nSPS) is 9.27. The van der Waals surface area contributed by atoms with Crippen LogP contribution in [0.15, 0.2) is 18.2 Å². The third-order valence-corrected chi connectivity index (χ3v) is 2.28. The van der Waals surface area contributed by atoms with Crippen molar-refractivity contribution in [1.29, 1.82) is 0 Å². The molecule has 0 unspecified atom stereocenters. The lowest BCUT2D eigenvalue weighted by molar-refractivity contribution is 0.413. The minimum absolute atomic E-state index is 0.666. The lowest BCUT2D eigenvalue weighted by atomic mass is 10.1.